The van der Waals surface area contributed by atoms with Crippen molar-refractivity contribution in [2.75, 3.05) is 6.61 Å². The number of aliphatic hydroxyl groups excluding tert-OH is 1. The van der Waals surface area contributed by atoms with Crippen LogP contribution in [0.25, 0.3) is 0 Å². The number of aromatic nitrogens is 3. The Morgan fingerprint density at radius 1 is 1.50 bits per heavy atom. The van der Waals surface area contributed by atoms with Gasteiger partial charge in [0.15, 0.2) is 5.69 Å². The summed E-state index contributed by atoms with van der Waals surface area (Å²) in [7, 11) is 0. The van der Waals surface area contributed by atoms with Gasteiger partial charge in [0.05, 0.1) is 5.69 Å². The number of rotatable bonds is 6. The van der Waals surface area contributed by atoms with Crippen LogP contribution in [0.5, 0.6) is 0 Å². The van der Waals surface area contributed by atoms with Crippen LogP contribution in [-0.2, 0) is 13.0 Å². The number of carboxylic acids is 1. The summed E-state index contributed by atoms with van der Waals surface area (Å²) in [5, 5.41) is 24.3. The molecule has 6 nitrogen and oxygen atoms in total. The summed E-state index contributed by atoms with van der Waals surface area (Å²) in [4.78, 5) is 10.9. The minimum atomic E-state index is -3.33. The van der Waals surface area contributed by atoms with Crippen molar-refractivity contribution in [3.63, 3.8) is 0 Å². The Kier molecular flexibility index (Phi) is 3.29. The SMILES string of the molecule is O=C(O)c1nnn(CC(F)(F)CO)c1CC1CC1. The summed E-state index contributed by atoms with van der Waals surface area (Å²) < 4.78 is 27.1. The molecule has 0 radical (unpaired) electrons. The molecule has 2 rings (SSSR count). The van der Waals surface area contributed by atoms with E-state index in [0.717, 1.165) is 17.5 Å². The van der Waals surface area contributed by atoms with Gasteiger partial charge in [-0.2, -0.15) is 0 Å². The number of nitrogens with zero attached hydrogens (tertiary/aromatic N) is 3. The number of alkyl halides is 2. The Bertz CT molecular complexity index is 457. The van der Waals surface area contributed by atoms with Gasteiger partial charge in [-0.1, -0.05) is 5.21 Å². The fraction of sp³-hybridized carbons (Fsp3) is 0.700. The van der Waals surface area contributed by atoms with Gasteiger partial charge >= 0.3 is 5.97 Å². The zero-order valence-electron chi connectivity index (χ0n) is 9.51. The highest BCUT2D eigenvalue weighted by Gasteiger charge is 2.33. The molecule has 0 amide bonds. The van der Waals surface area contributed by atoms with Crippen LogP contribution in [0.1, 0.15) is 29.0 Å². The van der Waals surface area contributed by atoms with Gasteiger partial charge in [0, 0.05) is 0 Å². The molecule has 0 bridgehead atoms. The first kappa shape index (κ1) is 12.9. The molecule has 1 aromatic rings. The fourth-order valence-electron chi connectivity index (χ4n) is 1.69. The van der Waals surface area contributed by atoms with E-state index < -0.39 is 25.0 Å². The van der Waals surface area contributed by atoms with Gasteiger partial charge in [-0.3, -0.25) is 0 Å². The predicted molar refractivity (Wildman–Crippen MR) is 55.4 cm³/mol. The Labute approximate surface area is 101 Å². The third kappa shape index (κ3) is 2.81. The van der Waals surface area contributed by atoms with E-state index in [1.807, 2.05) is 0 Å². The van der Waals surface area contributed by atoms with Gasteiger partial charge < -0.3 is 10.2 Å². The van der Waals surface area contributed by atoms with Gasteiger partial charge in [0.25, 0.3) is 5.92 Å². The number of aromatic carboxylic acids is 1. The van der Waals surface area contributed by atoms with Crippen molar-refractivity contribution in [2.24, 2.45) is 5.92 Å². The number of halogens is 2. The number of hydrogen-bond donors (Lipinski definition) is 2. The van der Waals surface area contributed by atoms with Gasteiger partial charge in [0.2, 0.25) is 0 Å². The number of carbonyl (C=O) groups is 1. The lowest BCUT2D eigenvalue weighted by Crippen LogP contribution is -2.29. The summed E-state index contributed by atoms with van der Waals surface area (Å²) in [6, 6.07) is 0. The molecular formula is C10H13F2N3O3. The molecule has 0 atom stereocenters. The molecule has 0 aromatic carbocycles. The Morgan fingerprint density at radius 3 is 2.67 bits per heavy atom. The second-order valence-electron chi connectivity index (χ2n) is 4.51. The van der Waals surface area contributed by atoms with E-state index in [2.05, 4.69) is 10.3 Å². The van der Waals surface area contributed by atoms with Crippen LogP contribution < -0.4 is 0 Å². The molecule has 18 heavy (non-hydrogen) atoms. The van der Waals surface area contributed by atoms with Crippen LogP contribution in [-0.4, -0.2) is 43.7 Å². The topological polar surface area (TPSA) is 88.2 Å². The zero-order chi connectivity index (χ0) is 13.3. The van der Waals surface area contributed by atoms with Gasteiger partial charge in [-0.15, -0.1) is 5.10 Å². The molecule has 1 heterocycles. The number of carboxylic acid groups (broad SMARTS) is 1. The Morgan fingerprint density at radius 2 is 2.17 bits per heavy atom. The standard InChI is InChI=1S/C10H13F2N3O3/c11-10(12,5-16)4-15-7(3-6-1-2-6)8(9(17)18)13-14-15/h6,16H,1-5H2,(H,17,18). The van der Waals surface area contributed by atoms with Crippen LogP contribution in [0.15, 0.2) is 0 Å². The van der Waals surface area contributed by atoms with Crippen molar-refractivity contribution >= 4 is 5.97 Å². The van der Waals surface area contributed by atoms with Crippen LogP contribution in [0.3, 0.4) is 0 Å². The molecule has 0 spiro atoms. The molecule has 1 saturated carbocycles. The van der Waals surface area contributed by atoms with E-state index in [1.54, 1.807) is 0 Å². The largest absolute Gasteiger partial charge is 0.476 e. The lowest BCUT2D eigenvalue weighted by atomic mass is 10.1. The van der Waals surface area contributed by atoms with Crippen LogP contribution in [0.4, 0.5) is 8.78 Å². The molecule has 0 aliphatic heterocycles. The van der Waals surface area contributed by atoms with Gasteiger partial charge in [-0.25, -0.2) is 18.3 Å². The molecule has 100 valence electrons. The quantitative estimate of drug-likeness (QED) is 0.781. The van der Waals surface area contributed by atoms with Gasteiger partial charge in [0.1, 0.15) is 13.2 Å². The third-order valence-electron chi connectivity index (χ3n) is 2.83. The third-order valence-corrected chi connectivity index (χ3v) is 2.83. The number of hydrogen-bond acceptors (Lipinski definition) is 4. The zero-order valence-corrected chi connectivity index (χ0v) is 9.51. The first-order valence-corrected chi connectivity index (χ1v) is 5.57. The number of aliphatic hydroxyl groups is 1. The maximum atomic E-state index is 13.1. The fourth-order valence-corrected chi connectivity index (χ4v) is 1.69. The highest BCUT2D eigenvalue weighted by molar-refractivity contribution is 5.86. The van der Waals surface area contributed by atoms with Crippen LogP contribution in [0, 0.1) is 5.92 Å². The van der Waals surface area contributed by atoms with Crippen LogP contribution in [0.2, 0.25) is 0 Å². The van der Waals surface area contributed by atoms with Crippen molar-refractivity contribution in [3.05, 3.63) is 11.4 Å². The van der Waals surface area contributed by atoms with Crippen molar-refractivity contribution in [1.82, 2.24) is 15.0 Å². The van der Waals surface area contributed by atoms with E-state index in [0.29, 0.717) is 12.3 Å². The van der Waals surface area contributed by atoms with Crippen molar-refractivity contribution in [1.29, 1.82) is 0 Å². The molecule has 8 heteroatoms. The molecule has 1 fully saturated rings. The minimum Gasteiger partial charge on any atom is -0.476 e. The Balaban J connectivity index is 2.25. The predicted octanol–water partition coefficient (Wildman–Crippen LogP) is 0.556. The molecule has 0 unspecified atom stereocenters. The Hall–Kier alpha value is -1.57. The molecule has 1 aromatic heterocycles. The molecule has 1 aliphatic carbocycles. The summed E-state index contributed by atoms with van der Waals surface area (Å²) in [6.45, 7) is -2.16. The van der Waals surface area contributed by atoms with Gasteiger partial charge in [-0.05, 0) is 25.2 Å². The van der Waals surface area contributed by atoms with Crippen molar-refractivity contribution in [2.45, 2.75) is 31.7 Å². The molecule has 0 saturated heterocycles. The monoisotopic (exact) mass is 261 g/mol. The maximum Gasteiger partial charge on any atom is 0.358 e. The molecular weight excluding hydrogens is 248 g/mol. The van der Waals surface area contributed by atoms with E-state index in [9.17, 15) is 13.6 Å². The second kappa shape index (κ2) is 4.60. The summed E-state index contributed by atoms with van der Waals surface area (Å²) in [5.74, 6) is -4.28. The minimum absolute atomic E-state index is 0.207. The molecule has 1 aliphatic rings. The smallest absolute Gasteiger partial charge is 0.358 e. The highest BCUT2D eigenvalue weighted by Crippen LogP contribution is 2.33. The normalized spacial score (nSPS) is 15.9. The second-order valence-corrected chi connectivity index (χ2v) is 4.51. The summed E-state index contributed by atoms with van der Waals surface area (Å²) in [5.41, 5.74) is -0.0752. The summed E-state index contributed by atoms with van der Waals surface area (Å²) in [6.07, 6.45) is 2.30. The molecule has 2 N–H and O–H groups in total. The highest BCUT2D eigenvalue weighted by atomic mass is 19.3. The van der Waals surface area contributed by atoms with Crippen molar-refractivity contribution in [3.8, 4) is 0 Å². The summed E-state index contributed by atoms with van der Waals surface area (Å²) >= 11 is 0. The first-order chi connectivity index (χ1) is 8.43. The van der Waals surface area contributed by atoms with E-state index in [1.165, 1.54) is 0 Å². The van der Waals surface area contributed by atoms with E-state index in [4.69, 9.17) is 10.2 Å². The maximum absolute atomic E-state index is 13.1. The average molecular weight is 261 g/mol. The lowest BCUT2D eigenvalue weighted by molar-refractivity contribution is -0.0660. The van der Waals surface area contributed by atoms with E-state index >= 15 is 0 Å². The van der Waals surface area contributed by atoms with E-state index in [-0.39, 0.29) is 11.4 Å². The average Bonchev–Trinajstić information content (AvgIpc) is 3.02. The first-order valence-electron chi connectivity index (χ1n) is 5.57. The van der Waals surface area contributed by atoms with Crippen molar-refractivity contribution < 1.29 is 23.8 Å². The lowest BCUT2D eigenvalue weighted by Gasteiger charge is -2.14. The van der Waals surface area contributed by atoms with Crippen LogP contribution >= 0.6 is 0 Å².